The molecule has 0 heterocycles. The van der Waals surface area contributed by atoms with Gasteiger partial charge >= 0.3 is 107 Å². The van der Waals surface area contributed by atoms with Crippen LogP contribution in [0.2, 0.25) is 48.0 Å². The number of rotatable bonds is 60. The van der Waals surface area contributed by atoms with Crippen molar-refractivity contribution in [1.82, 2.24) is 0 Å². The molecular weight excluding hydrogens is 1420 g/mol. The van der Waals surface area contributed by atoms with Gasteiger partial charge in [0.25, 0.3) is 0 Å². The maximum atomic E-state index is 10.9. The highest BCUT2D eigenvalue weighted by molar-refractivity contribution is 6.90. The van der Waals surface area contributed by atoms with Crippen LogP contribution < -0.4 is 0 Å². The van der Waals surface area contributed by atoms with Gasteiger partial charge in [-0.05, 0) is 12.5 Å². The third kappa shape index (κ3) is 25.0. The van der Waals surface area contributed by atoms with E-state index in [-0.39, 0.29) is 43.2 Å². The van der Waals surface area contributed by atoms with Crippen molar-refractivity contribution in [1.29, 1.82) is 0 Å². The predicted octanol–water partition coefficient (Wildman–Crippen LogP) is 1.86. The van der Waals surface area contributed by atoms with Crippen LogP contribution in [0.25, 0.3) is 0 Å². The van der Waals surface area contributed by atoms with Crippen LogP contribution in [0, 0.1) is 0 Å². The quantitative estimate of drug-likeness (QED) is 0.0849. The molecule has 36 nitrogen and oxygen atoms in total. The van der Waals surface area contributed by atoms with Crippen LogP contribution in [-0.2, 0) is 152 Å². The molecule has 0 aromatic rings. The molecule has 536 valence electrons. The molecule has 0 aromatic heterocycles. The molecule has 0 aliphatic rings. The van der Waals surface area contributed by atoms with Crippen molar-refractivity contribution in [2.24, 2.45) is 0 Å². The van der Waals surface area contributed by atoms with Crippen molar-refractivity contribution in [3.8, 4) is 0 Å². The summed E-state index contributed by atoms with van der Waals surface area (Å²) in [6.45, 7) is -0.202. The second-order valence-corrected chi connectivity index (χ2v) is 57.7. The topological polar surface area (TPSA) is 343 Å². The molecule has 0 aliphatic heterocycles. The zero-order valence-corrected chi connectivity index (χ0v) is 70.4. The maximum absolute atomic E-state index is 10.9. The van der Waals surface area contributed by atoms with Gasteiger partial charge in [0.15, 0.2) is 0 Å². The van der Waals surface area contributed by atoms with Crippen LogP contribution >= 0.6 is 0 Å². The van der Waals surface area contributed by atoms with E-state index in [1.165, 1.54) is 192 Å². The SMILES string of the molecule is CO[Si](C[Si](CCC[Si](CCCO)(CCC[Si](O[Si](OC)(OC)OC)(O[Si](OC)(OC)OC)O[Si](OC)(OC)OC)CCC[Si](O[Si](OC)(OC)OC)(O[Si](OC)(OC)OC)O[Si](OC)(OC)OC)(O[Si](OC)(OC)OC)O[Si](OC)(OC)OC)(OC)OC. The molecule has 0 amide bonds. The molecule has 0 radical (unpaired) electrons. The minimum absolute atomic E-state index is 0.0892. The van der Waals surface area contributed by atoms with Gasteiger partial charge in [-0.1, -0.05) is 43.4 Å². The van der Waals surface area contributed by atoms with Crippen molar-refractivity contribution in [3.63, 3.8) is 0 Å². The summed E-state index contributed by atoms with van der Waals surface area (Å²) in [7, 11) is -17.2. The van der Waals surface area contributed by atoms with Gasteiger partial charge in [0.2, 0.25) is 0 Å². The highest BCUT2D eigenvalue weighted by Gasteiger charge is 2.69. The van der Waals surface area contributed by atoms with Gasteiger partial charge in [-0.2, -0.15) is 0 Å². The Balaban J connectivity index is 9.50. The molecule has 0 unspecified atom stereocenters. The fourth-order valence-corrected chi connectivity index (χ4v) is 56.9. The van der Waals surface area contributed by atoms with Crippen LogP contribution in [0.3, 0.4) is 0 Å². The lowest BCUT2D eigenvalue weighted by Crippen LogP contribution is -2.69. The minimum Gasteiger partial charge on any atom is -0.396 e. The Kier molecular flexibility index (Phi) is 43.7. The molecule has 89 heavy (non-hydrogen) atoms. The lowest BCUT2D eigenvalue weighted by atomic mass is 10.5. The Labute approximate surface area is 542 Å². The van der Waals surface area contributed by atoms with Crippen LogP contribution in [-0.4, -0.2) is 319 Å². The number of hydrogen-bond donors (Lipinski definition) is 1. The first kappa shape index (κ1) is 90.4. The first-order chi connectivity index (χ1) is 42.2. The van der Waals surface area contributed by atoms with Gasteiger partial charge in [-0.3, -0.25) is 0 Å². The molecule has 0 fully saturated rings. The molecule has 0 saturated carbocycles. The van der Waals surface area contributed by atoms with Crippen molar-refractivity contribution in [3.05, 3.63) is 0 Å². The summed E-state index contributed by atoms with van der Waals surface area (Å²) in [4.78, 5) is 0. The molecule has 1 N–H and O–H groups in total. The second-order valence-electron chi connectivity index (χ2n) is 18.4. The molecule has 0 atom stereocenters. The third-order valence-electron chi connectivity index (χ3n) is 14.2. The number of aliphatic hydroxyl groups excluding tert-OH is 1. The van der Waals surface area contributed by atoms with Gasteiger partial charge in [-0.15, -0.1) is 0 Å². The summed E-state index contributed by atoms with van der Waals surface area (Å²) in [6, 6.07) is 1.64. The van der Waals surface area contributed by atoms with Crippen LogP contribution in [0.15, 0.2) is 0 Å². The third-order valence-corrected chi connectivity index (χ3v) is 59.1. The Morgan fingerprint density at radius 2 is 0.371 bits per heavy atom. The second kappa shape index (κ2) is 43.0. The lowest BCUT2D eigenvalue weighted by molar-refractivity contribution is -0.0285. The molecule has 0 bridgehead atoms. The summed E-state index contributed by atoms with van der Waals surface area (Å²) >= 11 is 0. The molecule has 0 aromatic carbocycles. The summed E-state index contributed by atoms with van der Waals surface area (Å²) in [5.74, 6) is 0. The first-order valence-corrected chi connectivity index (χ1v) is 51.2. The monoisotopic (exact) mass is 1530 g/mol. The van der Waals surface area contributed by atoms with E-state index in [0.717, 1.165) is 0 Å². The fourth-order valence-electron chi connectivity index (χ4n) is 9.41. The first-order valence-electron chi connectivity index (χ1n) is 27.3. The normalized spacial score (nSPS) is 14.4. The van der Waals surface area contributed by atoms with Crippen LogP contribution in [0.1, 0.15) is 25.7 Å². The van der Waals surface area contributed by atoms with Crippen LogP contribution in [0.4, 0.5) is 0 Å². The van der Waals surface area contributed by atoms with E-state index in [0.29, 0.717) is 37.0 Å². The Bertz CT molecular complexity index is 1390. The summed E-state index contributed by atoms with van der Waals surface area (Å²) in [6.07, 6.45) is 1.08. The number of hydrogen-bond acceptors (Lipinski definition) is 36. The standard InChI is InChI=1S/C40H108O36Si13/c1-42-81(43-2,44-3)40-78(69-82(45-4,46-5)47-6,70-83(48-7,49-8)50-9)37-29-34-77(33-28-32-41,35-30-38-79(71-84(51-10,52-11)53-12,72-85(54-13,55-14)56-15)73-86(57-16,58-17)59-18)36-31-39-80(74-87(60-19,61-20)62-21,75-88(63-22,64-23)65-24)76-89(66-25,67-26)68-27/h41H,28-40H2,1-27H3. The largest absolute Gasteiger partial charge is 0.671 e. The highest BCUT2D eigenvalue weighted by atomic mass is 28.5. The van der Waals surface area contributed by atoms with E-state index in [1.807, 2.05) is 0 Å². The Hall–Kier alpha value is 1.38. The summed E-state index contributed by atoms with van der Waals surface area (Å²) < 4.78 is 215. The van der Waals surface area contributed by atoms with E-state index >= 15 is 0 Å². The average molecular weight is 1530 g/mol. The number of aliphatic hydroxyl groups is 1. The minimum atomic E-state index is -4.66. The fraction of sp³-hybridized carbons (Fsp3) is 1.00. The van der Waals surface area contributed by atoms with E-state index in [2.05, 4.69) is 0 Å². The lowest BCUT2D eigenvalue weighted by Gasteiger charge is -2.43. The highest BCUT2D eigenvalue weighted by Crippen LogP contribution is 2.43. The van der Waals surface area contributed by atoms with E-state index < -0.39 is 115 Å². The van der Waals surface area contributed by atoms with Gasteiger partial charge in [0, 0.05) is 211 Å². The predicted molar refractivity (Wildman–Crippen MR) is 337 cm³/mol. The molecule has 0 saturated heterocycles. The van der Waals surface area contributed by atoms with E-state index in [4.69, 9.17) is 152 Å². The van der Waals surface area contributed by atoms with E-state index in [1.54, 1.807) is 0 Å². The Morgan fingerprint density at radius 3 is 0.551 bits per heavy atom. The van der Waals surface area contributed by atoms with Crippen molar-refractivity contribution in [2.75, 3.05) is 199 Å². The van der Waals surface area contributed by atoms with Crippen LogP contribution in [0.5, 0.6) is 0 Å². The van der Waals surface area contributed by atoms with Gasteiger partial charge in [-0.25, -0.2) is 0 Å². The molecule has 49 heteroatoms. The van der Waals surface area contributed by atoms with Gasteiger partial charge < -0.3 is 158 Å². The molecule has 0 aliphatic carbocycles. The molecule has 0 rings (SSSR count). The zero-order valence-electron chi connectivity index (χ0n) is 57.4. The average Bonchev–Trinajstić information content (AvgIpc) is 1.76. The van der Waals surface area contributed by atoms with E-state index in [9.17, 15) is 5.11 Å². The van der Waals surface area contributed by atoms with Gasteiger partial charge in [0.05, 0.1) is 13.7 Å². The zero-order chi connectivity index (χ0) is 68.4. The van der Waals surface area contributed by atoms with Crippen molar-refractivity contribution in [2.45, 2.75) is 73.7 Å². The Morgan fingerprint density at radius 1 is 0.191 bits per heavy atom. The van der Waals surface area contributed by atoms with Gasteiger partial charge in [0.1, 0.15) is 0 Å². The summed E-state index contributed by atoms with van der Waals surface area (Å²) in [5.41, 5.74) is -0.0958. The maximum Gasteiger partial charge on any atom is 0.671 e. The summed E-state index contributed by atoms with van der Waals surface area (Å²) in [5, 5.41) is 10.9. The smallest absolute Gasteiger partial charge is 0.396 e. The van der Waals surface area contributed by atoms with Crippen molar-refractivity contribution >= 4 is 115 Å². The molecule has 0 spiro atoms. The van der Waals surface area contributed by atoms with Crippen molar-refractivity contribution < 1.29 is 158 Å². The molecular formula is C40H108O36Si13.